The molecule has 39 heavy (non-hydrogen) atoms. The van der Waals surface area contributed by atoms with Gasteiger partial charge in [0, 0.05) is 41.4 Å². The number of hydrogen-bond donors (Lipinski definition) is 0. The molecule has 0 amide bonds. The van der Waals surface area contributed by atoms with Gasteiger partial charge in [0.05, 0.1) is 17.2 Å². The number of hydrogen-bond acceptors (Lipinski definition) is 7. The summed E-state index contributed by atoms with van der Waals surface area (Å²) in [5, 5.41) is 3.33. The number of rotatable bonds is 4. The third-order valence-electron chi connectivity index (χ3n) is 7.14. The zero-order chi connectivity index (χ0) is 25.8. The van der Waals surface area contributed by atoms with Crippen molar-refractivity contribution in [3.05, 3.63) is 123 Å². The minimum Gasteiger partial charge on any atom is -0.192 e. The lowest BCUT2D eigenvalue weighted by Gasteiger charge is -2.10. The fraction of sp³-hybridized carbons (Fsp3) is 0.0312. The summed E-state index contributed by atoms with van der Waals surface area (Å²) in [5.41, 5.74) is 10.7. The molecule has 0 fully saturated rings. The minimum atomic E-state index is 0.901. The third-order valence-corrected chi connectivity index (χ3v) is 10.6. The van der Waals surface area contributed by atoms with E-state index in [0.717, 1.165) is 28.5 Å². The summed E-state index contributed by atoms with van der Waals surface area (Å²) in [6.45, 7) is 0. The van der Waals surface area contributed by atoms with E-state index in [2.05, 4.69) is 110 Å². The zero-order valence-corrected chi connectivity index (χ0v) is 23.8. The smallest absolute Gasteiger partial charge is 0.113 e. The Morgan fingerprint density at radius 1 is 0.641 bits per heavy atom. The number of aromatic nitrogens is 3. The molecule has 6 aromatic rings. The fourth-order valence-electron chi connectivity index (χ4n) is 5.26. The minimum absolute atomic E-state index is 0.901. The van der Waals surface area contributed by atoms with E-state index in [4.69, 9.17) is 0 Å². The summed E-state index contributed by atoms with van der Waals surface area (Å²) >= 11 is 6.46. The predicted octanol–water partition coefficient (Wildman–Crippen LogP) is 10.1. The summed E-state index contributed by atoms with van der Waals surface area (Å²) in [6.07, 6.45) is 14.4. The Balaban J connectivity index is 1.12. The number of fused-ring (bicyclic) bond motifs is 4. The number of nitrogens with zero attached hydrogens (tertiary/aromatic N) is 3. The standard InChI is InChI=1S/C32H19N3S4/c1-6-20-17-19(22(8-1)27-13-15-29(37-27)24-10-3-7-21-18-36-34-31(21)24)5-2-9-23(20)28-14-16-30(38-28)25-11-4-12-26-32(25)35-39-33-26/h1-16,18H,17H2. The molecule has 0 atom stereocenters. The van der Waals surface area contributed by atoms with Gasteiger partial charge >= 0.3 is 0 Å². The topological polar surface area (TPSA) is 38.7 Å². The van der Waals surface area contributed by atoms with E-state index in [9.17, 15) is 0 Å². The Labute approximate surface area is 241 Å². The maximum absolute atomic E-state index is 4.66. The Hall–Kier alpha value is -3.75. The molecule has 2 aliphatic carbocycles. The van der Waals surface area contributed by atoms with Crippen LogP contribution < -0.4 is 0 Å². The molecule has 8 rings (SSSR count). The molecule has 0 unspecified atom stereocenters. The molecular weight excluding hydrogens is 555 g/mol. The van der Waals surface area contributed by atoms with Crippen molar-refractivity contribution in [2.45, 2.75) is 6.42 Å². The molecule has 0 N–H and O–H groups in total. The second kappa shape index (κ2) is 9.47. The molecule has 0 saturated carbocycles. The van der Waals surface area contributed by atoms with E-state index in [0.29, 0.717) is 0 Å². The second-order valence-electron chi connectivity index (χ2n) is 9.43. The van der Waals surface area contributed by atoms with Gasteiger partial charge in [-0.2, -0.15) is 13.1 Å². The molecule has 2 bridgehead atoms. The summed E-state index contributed by atoms with van der Waals surface area (Å²) in [4.78, 5) is 5.04. The summed E-state index contributed by atoms with van der Waals surface area (Å²) in [5.74, 6) is 0. The third kappa shape index (κ3) is 4.01. The SMILES string of the molecule is C1=CC2=C(c3ccc(-c4cccc5nsnc45)s3)C=CC=C(C2)C(c2ccc(-c3cccc4csnc34)s2)=C1. The van der Waals surface area contributed by atoms with Crippen LogP contribution in [0.25, 0.3) is 54.0 Å². The lowest BCUT2D eigenvalue weighted by Crippen LogP contribution is -1.89. The van der Waals surface area contributed by atoms with Crippen molar-refractivity contribution in [1.82, 2.24) is 13.1 Å². The highest BCUT2D eigenvalue weighted by atomic mass is 32.1. The largest absolute Gasteiger partial charge is 0.192 e. The van der Waals surface area contributed by atoms with Crippen LogP contribution in [-0.4, -0.2) is 13.1 Å². The molecule has 4 heterocycles. The number of allylic oxidation sites excluding steroid dienone is 10. The normalized spacial score (nSPS) is 15.1. The van der Waals surface area contributed by atoms with Crippen molar-refractivity contribution < 1.29 is 0 Å². The van der Waals surface area contributed by atoms with E-state index in [-0.39, 0.29) is 0 Å². The van der Waals surface area contributed by atoms with Gasteiger partial charge in [0.1, 0.15) is 11.0 Å². The number of benzene rings is 2. The Kier molecular flexibility index (Phi) is 5.62. The molecule has 0 saturated heterocycles. The highest BCUT2D eigenvalue weighted by Crippen LogP contribution is 2.43. The Morgan fingerprint density at radius 2 is 1.41 bits per heavy atom. The van der Waals surface area contributed by atoms with Crippen LogP contribution in [0.5, 0.6) is 0 Å². The van der Waals surface area contributed by atoms with Gasteiger partial charge in [0.15, 0.2) is 0 Å². The first-order chi connectivity index (χ1) is 19.3. The van der Waals surface area contributed by atoms with Gasteiger partial charge in [-0.05, 0) is 70.6 Å². The first-order valence-electron chi connectivity index (χ1n) is 12.6. The van der Waals surface area contributed by atoms with Gasteiger partial charge in [-0.3, -0.25) is 0 Å². The van der Waals surface area contributed by atoms with Crippen molar-refractivity contribution in [2.75, 3.05) is 0 Å². The van der Waals surface area contributed by atoms with Crippen LogP contribution in [-0.2, 0) is 0 Å². The second-order valence-corrected chi connectivity index (χ2v) is 12.8. The van der Waals surface area contributed by atoms with Gasteiger partial charge in [0.2, 0.25) is 0 Å². The Bertz CT molecular complexity index is 2050. The quantitative estimate of drug-likeness (QED) is 0.211. The van der Waals surface area contributed by atoms with E-state index in [1.54, 1.807) is 0 Å². The molecular formula is C32H19N3S4. The van der Waals surface area contributed by atoms with Crippen LogP contribution in [0.2, 0.25) is 0 Å². The molecule has 2 aromatic carbocycles. The van der Waals surface area contributed by atoms with Gasteiger partial charge in [0.25, 0.3) is 0 Å². The van der Waals surface area contributed by atoms with Gasteiger partial charge in [-0.1, -0.05) is 66.8 Å². The van der Waals surface area contributed by atoms with Crippen molar-refractivity contribution in [1.29, 1.82) is 0 Å². The Morgan fingerprint density at radius 3 is 2.33 bits per heavy atom. The molecule has 2 aliphatic rings. The van der Waals surface area contributed by atoms with Crippen LogP contribution in [0, 0.1) is 0 Å². The summed E-state index contributed by atoms with van der Waals surface area (Å²) < 4.78 is 13.6. The van der Waals surface area contributed by atoms with Gasteiger partial charge < -0.3 is 0 Å². The van der Waals surface area contributed by atoms with E-state index in [1.165, 1.54) is 76.0 Å². The maximum Gasteiger partial charge on any atom is 0.113 e. The van der Waals surface area contributed by atoms with Crippen LogP contribution in [0.3, 0.4) is 0 Å². The zero-order valence-electron chi connectivity index (χ0n) is 20.5. The average Bonchev–Trinajstić information content (AvgIpc) is 3.76. The fourth-order valence-corrected chi connectivity index (χ4v) is 8.66. The highest BCUT2D eigenvalue weighted by Gasteiger charge is 2.19. The summed E-state index contributed by atoms with van der Waals surface area (Å²) in [7, 11) is 0. The molecule has 3 nitrogen and oxygen atoms in total. The van der Waals surface area contributed by atoms with Gasteiger partial charge in [-0.15, -0.1) is 22.7 Å². The first-order valence-corrected chi connectivity index (χ1v) is 15.8. The van der Waals surface area contributed by atoms with Crippen molar-refractivity contribution in [3.63, 3.8) is 0 Å². The molecule has 0 spiro atoms. The average molecular weight is 574 g/mol. The predicted molar refractivity (Wildman–Crippen MR) is 170 cm³/mol. The first kappa shape index (κ1) is 23.2. The maximum atomic E-state index is 4.66. The monoisotopic (exact) mass is 573 g/mol. The highest BCUT2D eigenvalue weighted by molar-refractivity contribution is 7.17. The van der Waals surface area contributed by atoms with Crippen LogP contribution in [0.1, 0.15) is 16.2 Å². The molecule has 0 radical (unpaired) electrons. The van der Waals surface area contributed by atoms with E-state index >= 15 is 0 Å². The summed E-state index contributed by atoms with van der Waals surface area (Å²) in [6, 6.07) is 21.6. The number of thiophene rings is 2. The van der Waals surface area contributed by atoms with Crippen LogP contribution >= 0.6 is 45.9 Å². The van der Waals surface area contributed by atoms with E-state index in [1.807, 2.05) is 28.7 Å². The van der Waals surface area contributed by atoms with E-state index < -0.39 is 0 Å². The van der Waals surface area contributed by atoms with Crippen molar-refractivity contribution >= 4 is 79.0 Å². The molecule has 4 aromatic heterocycles. The van der Waals surface area contributed by atoms with Crippen LogP contribution in [0.15, 0.2) is 114 Å². The lowest BCUT2D eigenvalue weighted by molar-refractivity contribution is 1.24. The van der Waals surface area contributed by atoms with Crippen LogP contribution in [0.4, 0.5) is 0 Å². The van der Waals surface area contributed by atoms with Gasteiger partial charge in [-0.25, -0.2) is 0 Å². The lowest BCUT2D eigenvalue weighted by atomic mass is 9.97. The van der Waals surface area contributed by atoms with Crippen molar-refractivity contribution in [3.8, 4) is 20.9 Å². The molecule has 186 valence electrons. The van der Waals surface area contributed by atoms with Crippen molar-refractivity contribution in [2.24, 2.45) is 0 Å². The molecule has 7 heteroatoms. The molecule has 0 aliphatic heterocycles.